The summed E-state index contributed by atoms with van der Waals surface area (Å²) < 4.78 is 28.0. The van der Waals surface area contributed by atoms with Crippen LogP contribution in [0.2, 0.25) is 0 Å². The Morgan fingerprint density at radius 2 is 1.81 bits per heavy atom. The Kier molecular flexibility index (Phi) is 4.85. The van der Waals surface area contributed by atoms with Gasteiger partial charge in [0.25, 0.3) is 5.92 Å². The van der Waals surface area contributed by atoms with Gasteiger partial charge in [0.05, 0.1) is 18.6 Å². The van der Waals surface area contributed by atoms with E-state index in [2.05, 4.69) is 20.6 Å². The minimum Gasteiger partial charge on any atom is -0.365 e. The van der Waals surface area contributed by atoms with Crippen LogP contribution in [0.15, 0.2) is 54.6 Å². The number of para-hydroxylation sites is 1. The lowest BCUT2D eigenvalue weighted by atomic mass is 10.2. The largest absolute Gasteiger partial charge is 0.365 e. The third kappa shape index (κ3) is 4.14. The summed E-state index contributed by atoms with van der Waals surface area (Å²) in [5, 5.41) is 6.98. The van der Waals surface area contributed by atoms with Crippen molar-refractivity contribution in [3.8, 4) is 0 Å². The summed E-state index contributed by atoms with van der Waals surface area (Å²) in [6, 6.07) is 17.6. The van der Waals surface area contributed by atoms with E-state index in [4.69, 9.17) is 0 Å². The van der Waals surface area contributed by atoms with E-state index < -0.39 is 12.5 Å². The van der Waals surface area contributed by atoms with Gasteiger partial charge in [-0.1, -0.05) is 42.5 Å². The molecule has 0 aliphatic carbocycles. The van der Waals surface area contributed by atoms with Crippen molar-refractivity contribution in [2.75, 3.05) is 36.4 Å². The van der Waals surface area contributed by atoms with Crippen LogP contribution in [-0.4, -0.2) is 42.1 Å². The third-order valence-corrected chi connectivity index (χ3v) is 4.54. The Morgan fingerprint density at radius 1 is 1.04 bits per heavy atom. The lowest BCUT2D eigenvalue weighted by Gasteiger charge is -2.24. The molecule has 0 amide bonds. The van der Waals surface area contributed by atoms with Crippen LogP contribution in [0.3, 0.4) is 0 Å². The minimum atomic E-state index is -2.82. The summed E-state index contributed by atoms with van der Waals surface area (Å²) in [7, 11) is 0. The van der Waals surface area contributed by atoms with Gasteiger partial charge in [0.15, 0.2) is 0 Å². The molecule has 1 fully saturated rings. The Balaban J connectivity index is 1.67. The zero-order valence-corrected chi connectivity index (χ0v) is 14.8. The first-order valence-electron chi connectivity index (χ1n) is 8.99. The van der Waals surface area contributed by atoms with Crippen LogP contribution >= 0.6 is 0 Å². The van der Waals surface area contributed by atoms with Crippen LogP contribution < -0.4 is 15.5 Å². The molecule has 2 N–H and O–H groups in total. The fourth-order valence-electron chi connectivity index (χ4n) is 3.19. The minimum absolute atomic E-state index is 0.323. The van der Waals surface area contributed by atoms with Crippen LogP contribution in [0.5, 0.6) is 0 Å². The number of nitrogens with one attached hydrogen (secondary N) is 2. The van der Waals surface area contributed by atoms with E-state index in [-0.39, 0.29) is 6.54 Å². The highest BCUT2D eigenvalue weighted by Crippen LogP contribution is 2.26. The number of rotatable bonds is 4. The summed E-state index contributed by atoms with van der Waals surface area (Å²) >= 11 is 0. The van der Waals surface area contributed by atoms with Crippen molar-refractivity contribution in [1.29, 1.82) is 0 Å². The normalized spacial score (nSPS) is 16.9. The van der Waals surface area contributed by atoms with Crippen LogP contribution in [0, 0.1) is 0 Å². The molecule has 1 aromatic heterocycles. The molecule has 4 rings (SSSR count). The summed E-state index contributed by atoms with van der Waals surface area (Å²) in [6.45, 7) is 0.788. The smallest absolute Gasteiger partial charge is 0.277 e. The molecule has 2 heterocycles. The molecule has 1 aliphatic rings. The third-order valence-electron chi connectivity index (χ3n) is 4.54. The van der Waals surface area contributed by atoms with Gasteiger partial charge in [0.1, 0.15) is 5.82 Å². The van der Waals surface area contributed by atoms with Gasteiger partial charge in [-0.25, -0.2) is 13.8 Å². The molecular weight excluding hydrogens is 348 g/mol. The fourth-order valence-corrected chi connectivity index (χ4v) is 3.19. The Bertz CT molecular complexity index is 917. The maximum Gasteiger partial charge on any atom is 0.277 e. The zero-order chi connectivity index (χ0) is 18.7. The highest BCUT2D eigenvalue weighted by molar-refractivity contribution is 5.90. The van der Waals surface area contributed by atoms with Gasteiger partial charge in [-0.05, 0) is 17.7 Å². The fraction of sp³-hybridized carbons (Fsp3) is 0.300. The first-order valence-corrected chi connectivity index (χ1v) is 8.99. The van der Waals surface area contributed by atoms with Crippen molar-refractivity contribution >= 4 is 22.7 Å². The van der Waals surface area contributed by atoms with Crippen molar-refractivity contribution in [3.05, 3.63) is 60.2 Å². The highest BCUT2D eigenvalue weighted by Gasteiger charge is 2.34. The first-order chi connectivity index (χ1) is 13.1. The number of alkyl halides is 2. The molecule has 1 aliphatic heterocycles. The molecule has 0 spiro atoms. The highest BCUT2D eigenvalue weighted by atomic mass is 19.3. The van der Waals surface area contributed by atoms with Crippen molar-refractivity contribution < 1.29 is 8.78 Å². The summed E-state index contributed by atoms with van der Waals surface area (Å²) in [4.78, 5) is 10.7. The van der Waals surface area contributed by atoms with E-state index in [1.54, 1.807) is 4.90 Å². The maximum atomic E-state index is 14.0. The van der Waals surface area contributed by atoms with Crippen molar-refractivity contribution in [1.82, 2.24) is 15.3 Å². The molecule has 3 aromatic rings. The molecular formula is C20H21F2N5. The molecule has 2 aromatic carbocycles. The quantitative estimate of drug-likeness (QED) is 0.739. The van der Waals surface area contributed by atoms with Crippen molar-refractivity contribution in [3.63, 3.8) is 0 Å². The molecule has 0 saturated carbocycles. The number of aromatic nitrogens is 2. The van der Waals surface area contributed by atoms with Gasteiger partial charge in [-0.3, -0.25) is 0 Å². The number of fused-ring (bicyclic) bond motifs is 1. The summed E-state index contributed by atoms with van der Waals surface area (Å²) in [5.74, 6) is -1.84. The van der Waals surface area contributed by atoms with Gasteiger partial charge < -0.3 is 15.5 Å². The lowest BCUT2D eigenvalue weighted by Crippen LogP contribution is -2.39. The van der Waals surface area contributed by atoms with E-state index in [1.165, 1.54) is 0 Å². The Hall–Kier alpha value is -2.80. The van der Waals surface area contributed by atoms with E-state index in [9.17, 15) is 8.78 Å². The SMILES string of the molecule is FC1(F)CNCCN(c2nc(NCc3ccccc3)c3ccccc3n2)C1. The van der Waals surface area contributed by atoms with Crippen LogP contribution in [-0.2, 0) is 6.54 Å². The van der Waals surface area contributed by atoms with Gasteiger partial charge >= 0.3 is 0 Å². The topological polar surface area (TPSA) is 53.1 Å². The second-order valence-electron chi connectivity index (χ2n) is 6.68. The predicted molar refractivity (Wildman–Crippen MR) is 103 cm³/mol. The number of anilines is 2. The average Bonchev–Trinajstić information content (AvgIpc) is 2.87. The number of hydrogen-bond donors (Lipinski definition) is 2. The Labute approximate surface area is 156 Å². The summed E-state index contributed by atoms with van der Waals surface area (Å²) in [5.41, 5.74) is 1.85. The van der Waals surface area contributed by atoms with Gasteiger partial charge in [0, 0.05) is 25.0 Å². The van der Waals surface area contributed by atoms with Crippen molar-refractivity contribution in [2.24, 2.45) is 0 Å². The molecule has 5 nitrogen and oxygen atoms in total. The van der Waals surface area contributed by atoms with E-state index in [1.807, 2.05) is 54.6 Å². The second-order valence-corrected chi connectivity index (χ2v) is 6.68. The molecule has 0 radical (unpaired) electrons. The number of halogens is 2. The maximum absolute atomic E-state index is 14.0. The predicted octanol–water partition coefficient (Wildman–Crippen LogP) is 3.29. The molecule has 27 heavy (non-hydrogen) atoms. The lowest BCUT2D eigenvalue weighted by molar-refractivity contribution is 0.0155. The number of hydrogen-bond acceptors (Lipinski definition) is 5. The van der Waals surface area contributed by atoms with Crippen LogP contribution in [0.4, 0.5) is 20.5 Å². The Morgan fingerprint density at radius 3 is 2.67 bits per heavy atom. The standard InChI is InChI=1S/C20H21F2N5/c21-20(22)13-23-10-11-27(14-20)19-25-17-9-5-4-8-16(17)18(26-19)24-12-15-6-2-1-3-7-15/h1-9,23H,10-14H2,(H,24,25,26). The van der Waals surface area contributed by atoms with Crippen molar-refractivity contribution in [2.45, 2.75) is 12.5 Å². The molecule has 0 bridgehead atoms. The molecule has 0 unspecified atom stereocenters. The van der Waals surface area contributed by atoms with E-state index >= 15 is 0 Å². The number of benzene rings is 2. The van der Waals surface area contributed by atoms with Crippen LogP contribution in [0.25, 0.3) is 10.9 Å². The molecule has 140 valence electrons. The molecule has 1 saturated heterocycles. The first kappa shape index (κ1) is 17.6. The van der Waals surface area contributed by atoms with E-state index in [0.29, 0.717) is 31.4 Å². The molecule has 7 heteroatoms. The van der Waals surface area contributed by atoms with Gasteiger partial charge in [0.2, 0.25) is 5.95 Å². The van der Waals surface area contributed by atoms with E-state index in [0.717, 1.165) is 16.5 Å². The van der Waals surface area contributed by atoms with Gasteiger partial charge in [-0.15, -0.1) is 0 Å². The van der Waals surface area contributed by atoms with Crippen LogP contribution in [0.1, 0.15) is 5.56 Å². The summed E-state index contributed by atoms with van der Waals surface area (Å²) in [6.07, 6.45) is 0. The second kappa shape index (κ2) is 7.44. The number of nitrogens with zero attached hydrogens (tertiary/aromatic N) is 3. The molecule has 0 atom stereocenters. The monoisotopic (exact) mass is 369 g/mol. The zero-order valence-electron chi connectivity index (χ0n) is 14.8. The average molecular weight is 369 g/mol. The van der Waals surface area contributed by atoms with Gasteiger partial charge in [-0.2, -0.15) is 4.98 Å².